The van der Waals surface area contributed by atoms with Gasteiger partial charge in [0, 0.05) is 26.9 Å². The summed E-state index contributed by atoms with van der Waals surface area (Å²) in [5.41, 5.74) is 7.23. The number of fused-ring (bicyclic) bond motifs is 1. The molecule has 0 spiro atoms. The predicted octanol–water partition coefficient (Wildman–Crippen LogP) is 8.20. The zero-order valence-electron chi connectivity index (χ0n) is 20.7. The Balaban J connectivity index is 0.00000304. The maximum absolute atomic E-state index is 6.16. The van der Waals surface area contributed by atoms with Gasteiger partial charge in [0.15, 0.2) is 0 Å². The molecule has 2 heterocycles. The van der Waals surface area contributed by atoms with Gasteiger partial charge in [-0.05, 0) is 72.5 Å². The van der Waals surface area contributed by atoms with Crippen LogP contribution in [0, 0.1) is 25.7 Å². The van der Waals surface area contributed by atoms with Gasteiger partial charge in [0.1, 0.15) is 18.9 Å². The van der Waals surface area contributed by atoms with Gasteiger partial charge in [0.05, 0.1) is 11.6 Å². The summed E-state index contributed by atoms with van der Waals surface area (Å²) in [5.74, 6) is 7.26. The zero-order valence-corrected chi connectivity index (χ0v) is 22.5. The molecular weight excluding hydrogens is 482 g/mol. The number of aryl methyl sites for hydroxylation is 2. The van der Waals surface area contributed by atoms with Gasteiger partial charge in [-0.15, -0.1) is 22.4 Å². The number of ether oxygens (including phenoxy) is 1. The van der Waals surface area contributed by atoms with E-state index in [0.717, 1.165) is 29.0 Å². The lowest BCUT2D eigenvalue weighted by atomic mass is 9.94. The number of nitrogens with zero attached hydrogens (tertiary/aromatic N) is 3. The van der Waals surface area contributed by atoms with E-state index >= 15 is 0 Å². The Morgan fingerprint density at radius 1 is 1.03 bits per heavy atom. The second kappa shape index (κ2) is 11.6. The second-order valence-corrected chi connectivity index (χ2v) is 10.00. The molecule has 4 aromatic rings. The van der Waals surface area contributed by atoms with Gasteiger partial charge < -0.3 is 4.74 Å². The highest BCUT2D eigenvalue weighted by atomic mass is 32.1. The van der Waals surface area contributed by atoms with Crippen LogP contribution in [0.25, 0.3) is 21.2 Å². The summed E-state index contributed by atoms with van der Waals surface area (Å²) in [7, 11) is 0. The lowest BCUT2D eigenvalue weighted by Gasteiger charge is -2.12. The summed E-state index contributed by atoms with van der Waals surface area (Å²) < 4.78 is 7.47. The average Bonchev–Trinajstić information content (AvgIpc) is 3.50. The van der Waals surface area contributed by atoms with Crippen molar-refractivity contribution in [2.24, 2.45) is 15.4 Å². The summed E-state index contributed by atoms with van der Waals surface area (Å²) in [6, 6.07) is 23.5. The third-order valence-corrected chi connectivity index (χ3v) is 7.38. The maximum atomic E-state index is 6.16. The van der Waals surface area contributed by atoms with Crippen molar-refractivity contribution in [3.05, 3.63) is 88.3 Å². The van der Waals surface area contributed by atoms with E-state index in [1.54, 1.807) is 0 Å². The molecule has 0 N–H and O–H groups in total. The topological polar surface area (TPSA) is 46.3 Å². The normalized spacial score (nSPS) is 13.0. The molecule has 0 aliphatic carbocycles. The summed E-state index contributed by atoms with van der Waals surface area (Å²) in [6.07, 6.45) is 0.747. The number of thiophene rings is 1. The minimum atomic E-state index is 0. The first-order valence-electron chi connectivity index (χ1n) is 11.8. The molecule has 1 aliphatic heterocycles. The van der Waals surface area contributed by atoms with E-state index in [4.69, 9.17) is 4.74 Å². The standard InChI is InChI=1S/C30H27N3OS.H2S/c1-4-7-24(17-25-18-31-33-32-25)23-11-13-26(14-12-23)34-19-22-10-15-29-28(16-22)30(21(3)35-29)27-9-6-5-8-20(27)2;/h5-6,8-16,24H,17-19H2,1-3H3;1H2/t24-;/m0./s1. The fourth-order valence-electron chi connectivity index (χ4n) is 4.52. The van der Waals surface area contributed by atoms with E-state index in [1.165, 1.54) is 31.7 Å². The molecule has 0 fully saturated rings. The Labute approximate surface area is 223 Å². The van der Waals surface area contributed by atoms with Gasteiger partial charge in [-0.25, -0.2) is 0 Å². The first kappa shape index (κ1) is 25.7. The third-order valence-electron chi connectivity index (χ3n) is 6.29. The number of benzene rings is 3. The van der Waals surface area contributed by atoms with E-state index < -0.39 is 0 Å². The van der Waals surface area contributed by atoms with Gasteiger partial charge in [-0.3, -0.25) is 0 Å². The van der Waals surface area contributed by atoms with E-state index in [-0.39, 0.29) is 19.4 Å². The molecule has 0 amide bonds. The molecule has 4 nitrogen and oxygen atoms in total. The number of hydrogen-bond donors (Lipinski definition) is 0. The van der Waals surface area contributed by atoms with E-state index in [1.807, 2.05) is 30.4 Å². The van der Waals surface area contributed by atoms with Crippen LogP contribution in [0.2, 0.25) is 0 Å². The largest absolute Gasteiger partial charge is 0.489 e. The average molecular weight is 512 g/mol. The molecule has 0 unspecified atom stereocenters. The molecule has 0 bridgehead atoms. The number of hydrogen-bond acceptors (Lipinski definition) is 5. The second-order valence-electron chi connectivity index (χ2n) is 8.74. The third kappa shape index (κ3) is 5.53. The summed E-state index contributed by atoms with van der Waals surface area (Å²) >= 11 is 1.85. The van der Waals surface area contributed by atoms with Crippen molar-refractivity contribution in [2.45, 2.75) is 39.7 Å². The van der Waals surface area contributed by atoms with Crippen molar-refractivity contribution < 1.29 is 4.74 Å². The zero-order chi connectivity index (χ0) is 24.2. The van der Waals surface area contributed by atoms with E-state index in [2.05, 4.69) is 95.7 Å². The van der Waals surface area contributed by atoms with Crippen molar-refractivity contribution in [1.29, 1.82) is 0 Å². The Morgan fingerprint density at radius 3 is 2.56 bits per heavy atom. The van der Waals surface area contributed by atoms with Crippen LogP contribution in [0.15, 0.2) is 82.2 Å². The first-order valence-corrected chi connectivity index (χ1v) is 12.6. The Hall–Kier alpha value is -3.40. The molecule has 182 valence electrons. The molecule has 5 rings (SSSR count). The minimum Gasteiger partial charge on any atom is -0.489 e. The number of rotatable bonds is 7. The van der Waals surface area contributed by atoms with Crippen molar-refractivity contribution in [1.82, 2.24) is 0 Å². The highest BCUT2D eigenvalue weighted by Crippen LogP contribution is 2.40. The smallest absolute Gasteiger partial charge is 0.119 e. The first-order chi connectivity index (χ1) is 17.1. The van der Waals surface area contributed by atoms with Gasteiger partial charge in [-0.1, -0.05) is 48.4 Å². The van der Waals surface area contributed by atoms with Crippen LogP contribution in [0.4, 0.5) is 0 Å². The molecule has 1 aromatic heterocycles. The lowest BCUT2D eigenvalue weighted by Crippen LogP contribution is -2.07. The van der Waals surface area contributed by atoms with Crippen molar-refractivity contribution >= 4 is 40.6 Å². The Morgan fingerprint density at radius 2 is 1.83 bits per heavy atom. The Kier molecular flexibility index (Phi) is 8.25. The Bertz CT molecular complexity index is 1490. The predicted molar refractivity (Wildman–Crippen MR) is 156 cm³/mol. The van der Waals surface area contributed by atoms with Crippen molar-refractivity contribution in [2.75, 3.05) is 6.54 Å². The van der Waals surface area contributed by atoms with E-state index in [0.29, 0.717) is 13.2 Å². The maximum Gasteiger partial charge on any atom is 0.119 e. The fourth-order valence-corrected chi connectivity index (χ4v) is 5.57. The molecule has 0 radical (unpaired) electrons. The monoisotopic (exact) mass is 511 g/mol. The molecule has 1 atom stereocenters. The van der Waals surface area contributed by atoms with Crippen LogP contribution in [0.5, 0.6) is 5.75 Å². The summed E-state index contributed by atoms with van der Waals surface area (Å²) in [4.78, 5) is 1.35. The van der Waals surface area contributed by atoms with Crippen LogP contribution in [0.3, 0.4) is 0 Å². The van der Waals surface area contributed by atoms with Crippen LogP contribution in [-0.4, -0.2) is 12.3 Å². The minimum absolute atomic E-state index is 0. The fraction of sp³-hybridized carbons (Fsp3) is 0.233. The van der Waals surface area contributed by atoms with Crippen molar-refractivity contribution in [3.63, 3.8) is 0 Å². The molecule has 3 aromatic carbocycles. The van der Waals surface area contributed by atoms with Crippen LogP contribution in [-0.2, 0) is 6.61 Å². The highest BCUT2D eigenvalue weighted by molar-refractivity contribution is 7.59. The van der Waals surface area contributed by atoms with Crippen LogP contribution in [0.1, 0.15) is 40.8 Å². The van der Waals surface area contributed by atoms with Crippen LogP contribution >= 0.6 is 24.8 Å². The van der Waals surface area contributed by atoms with Gasteiger partial charge in [0.25, 0.3) is 0 Å². The molecular formula is C30H29N3OS2. The van der Waals surface area contributed by atoms with Gasteiger partial charge >= 0.3 is 0 Å². The summed E-state index contributed by atoms with van der Waals surface area (Å²) in [6.45, 7) is 7.35. The van der Waals surface area contributed by atoms with Gasteiger partial charge in [-0.2, -0.15) is 18.6 Å². The molecule has 0 saturated heterocycles. The van der Waals surface area contributed by atoms with E-state index in [9.17, 15) is 0 Å². The van der Waals surface area contributed by atoms with Crippen LogP contribution < -0.4 is 4.74 Å². The molecule has 1 aliphatic rings. The molecule has 36 heavy (non-hydrogen) atoms. The summed E-state index contributed by atoms with van der Waals surface area (Å²) in [5, 5.41) is 13.1. The SMILES string of the molecule is CC#C[C@@H](CC1=NN=NC1)c1ccc(OCc2ccc3sc(C)c(-c4ccccc4C)c3c2)cc1.S. The highest BCUT2D eigenvalue weighted by Gasteiger charge is 2.16. The quantitative estimate of drug-likeness (QED) is 0.231. The molecule has 0 saturated carbocycles. The lowest BCUT2D eigenvalue weighted by molar-refractivity contribution is 0.306. The van der Waals surface area contributed by atoms with Gasteiger partial charge in [0.2, 0.25) is 0 Å². The van der Waals surface area contributed by atoms with Crippen molar-refractivity contribution in [3.8, 4) is 28.7 Å². The molecule has 6 heteroatoms.